The van der Waals surface area contributed by atoms with Crippen LogP contribution < -0.4 is 27.8 Å². The van der Waals surface area contributed by atoms with Crippen molar-refractivity contribution in [3.63, 3.8) is 0 Å². The molecule has 0 aliphatic heterocycles. The zero-order valence-electron chi connectivity index (χ0n) is 19.0. The number of carbonyl (C=O) groups is 1. The second kappa shape index (κ2) is 20.5. The summed E-state index contributed by atoms with van der Waals surface area (Å²) < 4.78 is 0. The van der Waals surface area contributed by atoms with E-state index < -0.39 is 0 Å². The SMILES string of the molecule is CN(C)CNC(=O)CN(CCCNCCCN)CCCN(CCCN)CCCN. The molecule has 9 heteroatoms. The van der Waals surface area contributed by atoms with E-state index in [1.54, 1.807) is 0 Å². The summed E-state index contributed by atoms with van der Waals surface area (Å²) in [4.78, 5) is 18.9. The van der Waals surface area contributed by atoms with Gasteiger partial charge in [0.1, 0.15) is 0 Å². The largest absolute Gasteiger partial charge is 0.342 e. The van der Waals surface area contributed by atoms with E-state index in [4.69, 9.17) is 17.2 Å². The van der Waals surface area contributed by atoms with Gasteiger partial charge < -0.3 is 32.7 Å². The van der Waals surface area contributed by atoms with Gasteiger partial charge in [0.2, 0.25) is 5.91 Å². The molecule has 0 aromatic carbocycles. The summed E-state index contributed by atoms with van der Waals surface area (Å²) in [6, 6.07) is 0. The van der Waals surface area contributed by atoms with Crippen LogP contribution in [-0.4, -0.2) is 113 Å². The van der Waals surface area contributed by atoms with Gasteiger partial charge in [-0.25, -0.2) is 0 Å². The van der Waals surface area contributed by atoms with Crippen LogP contribution in [0.3, 0.4) is 0 Å². The molecule has 0 aromatic rings. The van der Waals surface area contributed by atoms with Crippen molar-refractivity contribution in [1.82, 2.24) is 25.3 Å². The highest BCUT2D eigenvalue weighted by Crippen LogP contribution is 2.00. The van der Waals surface area contributed by atoms with Gasteiger partial charge in [0.25, 0.3) is 0 Å². The van der Waals surface area contributed by atoms with Gasteiger partial charge in [0, 0.05) is 0 Å². The van der Waals surface area contributed by atoms with Crippen molar-refractivity contribution in [2.45, 2.75) is 32.1 Å². The Hall–Kier alpha value is -0.810. The number of nitrogens with two attached hydrogens (primary N) is 3. The molecule has 0 bridgehead atoms. The van der Waals surface area contributed by atoms with Gasteiger partial charge >= 0.3 is 0 Å². The Morgan fingerprint density at radius 2 is 1.24 bits per heavy atom. The molecule has 0 atom stereocenters. The van der Waals surface area contributed by atoms with Crippen LogP contribution in [0.2, 0.25) is 0 Å². The van der Waals surface area contributed by atoms with Gasteiger partial charge in [0.05, 0.1) is 13.2 Å². The standard InChI is InChI=1S/C20H48N8O/c1-26(2)19-25-20(29)18-28(15-6-12-24-11-3-8-21)17-7-16-27(13-4-9-22)14-5-10-23/h24H,3-19,21-23H2,1-2H3,(H,25,29). The van der Waals surface area contributed by atoms with Crippen LogP contribution in [0.15, 0.2) is 0 Å². The number of hydrogen-bond acceptors (Lipinski definition) is 8. The Bertz CT molecular complexity index is 362. The first-order valence-corrected chi connectivity index (χ1v) is 11.2. The molecule has 0 spiro atoms. The lowest BCUT2D eigenvalue weighted by Gasteiger charge is -2.26. The topological polar surface area (TPSA) is 129 Å². The summed E-state index contributed by atoms with van der Waals surface area (Å²) in [5.74, 6) is 0.0814. The second-order valence-corrected chi connectivity index (χ2v) is 7.84. The third kappa shape index (κ3) is 18.9. The molecule has 0 heterocycles. The predicted octanol–water partition coefficient (Wildman–Crippen LogP) is -1.36. The van der Waals surface area contributed by atoms with E-state index in [0.717, 1.165) is 84.5 Å². The van der Waals surface area contributed by atoms with Crippen LogP contribution in [0.1, 0.15) is 32.1 Å². The monoisotopic (exact) mass is 416 g/mol. The molecule has 0 aliphatic rings. The average Bonchev–Trinajstić information content (AvgIpc) is 2.70. The van der Waals surface area contributed by atoms with Crippen molar-refractivity contribution in [3.05, 3.63) is 0 Å². The fourth-order valence-corrected chi connectivity index (χ4v) is 3.04. The molecule has 0 rings (SSSR count). The first-order valence-electron chi connectivity index (χ1n) is 11.2. The zero-order chi connectivity index (χ0) is 21.7. The van der Waals surface area contributed by atoms with Gasteiger partial charge in [-0.2, -0.15) is 0 Å². The second-order valence-electron chi connectivity index (χ2n) is 7.84. The highest BCUT2D eigenvalue weighted by molar-refractivity contribution is 5.77. The quantitative estimate of drug-likeness (QED) is 0.115. The molecule has 0 aliphatic carbocycles. The van der Waals surface area contributed by atoms with Crippen molar-refractivity contribution in [3.8, 4) is 0 Å². The van der Waals surface area contributed by atoms with E-state index in [9.17, 15) is 4.79 Å². The van der Waals surface area contributed by atoms with E-state index in [1.165, 1.54) is 0 Å². The molecule has 0 unspecified atom stereocenters. The lowest BCUT2D eigenvalue weighted by atomic mass is 10.2. The molecule has 1 amide bonds. The summed E-state index contributed by atoms with van der Waals surface area (Å²) in [7, 11) is 3.89. The van der Waals surface area contributed by atoms with E-state index in [1.807, 2.05) is 19.0 Å². The van der Waals surface area contributed by atoms with Gasteiger partial charge in [-0.3, -0.25) is 14.6 Å². The average molecular weight is 417 g/mol. The Labute approximate surface area is 178 Å². The molecule has 0 fully saturated rings. The highest BCUT2D eigenvalue weighted by atomic mass is 16.2. The van der Waals surface area contributed by atoms with Crippen molar-refractivity contribution >= 4 is 5.91 Å². The molecule has 0 saturated heterocycles. The molecule has 29 heavy (non-hydrogen) atoms. The summed E-state index contributed by atoms with van der Waals surface area (Å²) >= 11 is 0. The van der Waals surface area contributed by atoms with Gasteiger partial charge in [0.15, 0.2) is 0 Å². The summed E-state index contributed by atoms with van der Waals surface area (Å²) in [5.41, 5.74) is 16.9. The predicted molar refractivity (Wildman–Crippen MR) is 123 cm³/mol. The molecule has 174 valence electrons. The van der Waals surface area contributed by atoms with E-state index in [-0.39, 0.29) is 5.91 Å². The molecule has 0 aromatic heterocycles. The van der Waals surface area contributed by atoms with Crippen LogP contribution in [0.25, 0.3) is 0 Å². The fraction of sp³-hybridized carbons (Fsp3) is 0.950. The molecule has 0 saturated carbocycles. The highest BCUT2D eigenvalue weighted by Gasteiger charge is 2.12. The Balaban J connectivity index is 4.38. The normalized spacial score (nSPS) is 11.7. The Morgan fingerprint density at radius 3 is 1.83 bits per heavy atom. The summed E-state index contributed by atoms with van der Waals surface area (Å²) in [6.45, 7) is 9.96. The number of carbonyl (C=O) groups excluding carboxylic acids is 1. The third-order valence-electron chi connectivity index (χ3n) is 4.65. The first kappa shape index (κ1) is 28.2. The lowest BCUT2D eigenvalue weighted by Crippen LogP contribution is -2.42. The van der Waals surface area contributed by atoms with Gasteiger partial charge in [-0.1, -0.05) is 0 Å². The first-order chi connectivity index (χ1) is 14.0. The van der Waals surface area contributed by atoms with Gasteiger partial charge in [-0.15, -0.1) is 0 Å². The maximum atomic E-state index is 12.3. The van der Waals surface area contributed by atoms with E-state index >= 15 is 0 Å². The zero-order valence-corrected chi connectivity index (χ0v) is 19.0. The number of nitrogens with zero attached hydrogens (tertiary/aromatic N) is 3. The summed E-state index contributed by atoms with van der Waals surface area (Å²) in [5, 5.41) is 6.37. The molecule has 9 nitrogen and oxygen atoms in total. The van der Waals surface area contributed by atoms with Crippen LogP contribution in [0.5, 0.6) is 0 Å². The fourth-order valence-electron chi connectivity index (χ4n) is 3.04. The molecule has 0 radical (unpaired) electrons. The van der Waals surface area contributed by atoms with E-state index in [2.05, 4.69) is 20.4 Å². The minimum Gasteiger partial charge on any atom is -0.342 e. The number of rotatable bonds is 21. The Kier molecular flexibility index (Phi) is 19.9. The number of nitrogens with one attached hydrogen (secondary N) is 2. The van der Waals surface area contributed by atoms with Crippen molar-refractivity contribution < 1.29 is 4.79 Å². The van der Waals surface area contributed by atoms with Crippen molar-refractivity contribution in [2.24, 2.45) is 17.2 Å². The van der Waals surface area contributed by atoms with Crippen molar-refractivity contribution in [1.29, 1.82) is 0 Å². The smallest absolute Gasteiger partial charge is 0.235 e. The van der Waals surface area contributed by atoms with Crippen molar-refractivity contribution in [2.75, 3.05) is 92.8 Å². The maximum absolute atomic E-state index is 12.3. The lowest BCUT2D eigenvalue weighted by molar-refractivity contribution is -0.122. The minimum atomic E-state index is 0.0814. The number of amides is 1. The van der Waals surface area contributed by atoms with Crippen LogP contribution in [-0.2, 0) is 4.79 Å². The van der Waals surface area contributed by atoms with E-state index in [0.29, 0.717) is 26.3 Å². The molecular formula is C20H48N8O. The maximum Gasteiger partial charge on any atom is 0.235 e. The van der Waals surface area contributed by atoms with Crippen LogP contribution >= 0.6 is 0 Å². The van der Waals surface area contributed by atoms with Gasteiger partial charge in [-0.05, 0) is 112 Å². The molecular weight excluding hydrogens is 368 g/mol. The number of hydrogen-bond donors (Lipinski definition) is 5. The van der Waals surface area contributed by atoms with Crippen LogP contribution in [0.4, 0.5) is 0 Å². The summed E-state index contributed by atoms with van der Waals surface area (Å²) in [6.07, 6.45) is 5.08. The Morgan fingerprint density at radius 1 is 0.724 bits per heavy atom. The molecule has 8 N–H and O–H groups in total. The third-order valence-corrected chi connectivity index (χ3v) is 4.65. The van der Waals surface area contributed by atoms with Crippen LogP contribution in [0, 0.1) is 0 Å². The minimum absolute atomic E-state index is 0.0814.